The van der Waals surface area contributed by atoms with E-state index in [9.17, 15) is 22.8 Å². The van der Waals surface area contributed by atoms with Crippen LogP contribution >= 0.6 is 0 Å². The Morgan fingerprint density at radius 3 is 2.44 bits per heavy atom. The molecule has 3 amide bonds. The van der Waals surface area contributed by atoms with Gasteiger partial charge in [0, 0.05) is 48.0 Å². The van der Waals surface area contributed by atoms with E-state index in [1.54, 1.807) is 56.0 Å². The smallest absolute Gasteiger partial charge is 0.382 e. The van der Waals surface area contributed by atoms with Crippen LogP contribution in [0.2, 0.25) is 0 Å². The minimum Gasteiger partial charge on any atom is -0.382 e. The molecule has 2 aromatic heterocycles. The molecule has 4 aromatic rings. The summed E-state index contributed by atoms with van der Waals surface area (Å²) in [7, 11) is 1.56. The Bertz CT molecular complexity index is 1470. The number of amides is 3. The number of carbonyl (C=O) groups is 2. The second kappa shape index (κ2) is 12.0. The van der Waals surface area contributed by atoms with Crippen LogP contribution in [-0.2, 0) is 15.7 Å². The maximum absolute atomic E-state index is 13.2. The molecule has 0 aliphatic carbocycles. The van der Waals surface area contributed by atoms with E-state index in [-0.39, 0.29) is 24.0 Å². The summed E-state index contributed by atoms with van der Waals surface area (Å²) in [5, 5.41) is 8.46. The van der Waals surface area contributed by atoms with Crippen molar-refractivity contribution >= 4 is 34.3 Å². The Kier molecular flexibility index (Phi) is 8.47. The zero-order chi connectivity index (χ0) is 28.0. The molecule has 0 aliphatic rings. The van der Waals surface area contributed by atoms with E-state index in [1.807, 2.05) is 0 Å². The average molecular weight is 542 g/mol. The highest BCUT2D eigenvalue weighted by atomic mass is 19.4. The van der Waals surface area contributed by atoms with Crippen LogP contribution in [0.3, 0.4) is 0 Å². The summed E-state index contributed by atoms with van der Waals surface area (Å²) in [6.45, 7) is 2.13. The quantitative estimate of drug-likeness (QED) is 0.192. The predicted molar refractivity (Wildman–Crippen MR) is 141 cm³/mol. The fraction of sp³-hybridized carbons (Fsp3) is 0.222. The van der Waals surface area contributed by atoms with Gasteiger partial charge in [-0.25, -0.2) is 9.59 Å². The van der Waals surface area contributed by atoms with Gasteiger partial charge in [-0.05, 0) is 48.4 Å². The van der Waals surface area contributed by atoms with Gasteiger partial charge in [0.15, 0.2) is 0 Å². The van der Waals surface area contributed by atoms with Gasteiger partial charge in [-0.1, -0.05) is 18.2 Å². The summed E-state index contributed by atoms with van der Waals surface area (Å²) in [6.07, 6.45) is 0.398. The van der Waals surface area contributed by atoms with Crippen molar-refractivity contribution in [1.82, 2.24) is 14.9 Å². The van der Waals surface area contributed by atoms with Gasteiger partial charge in [0.1, 0.15) is 6.73 Å². The molecule has 2 aromatic carbocycles. The molecule has 3 N–H and O–H groups in total. The van der Waals surface area contributed by atoms with Crippen LogP contribution in [0.15, 0.2) is 67.1 Å². The number of nitrogens with zero attached hydrogens (tertiary/aromatic N) is 2. The highest BCUT2D eigenvalue weighted by Gasteiger charge is 2.32. The topological polar surface area (TPSA) is 107 Å². The zero-order valence-electron chi connectivity index (χ0n) is 21.1. The molecule has 12 heteroatoms. The summed E-state index contributed by atoms with van der Waals surface area (Å²) in [5.41, 5.74) is 1.84. The van der Waals surface area contributed by atoms with E-state index in [4.69, 9.17) is 9.47 Å². The van der Waals surface area contributed by atoms with Crippen molar-refractivity contribution < 1.29 is 32.2 Å². The Hall–Kier alpha value is -4.42. The largest absolute Gasteiger partial charge is 0.416 e. The SMILES string of the molecule is COCCOCNC(=O)n1cc(-c2ccc(NC(=O)Nc3ccc(C)c(C(F)(F)F)c3)cc2)c2cnccc21. The number of ether oxygens (including phenoxy) is 2. The third-order valence-corrected chi connectivity index (χ3v) is 5.84. The Balaban J connectivity index is 1.46. The van der Waals surface area contributed by atoms with Gasteiger partial charge in [0.25, 0.3) is 0 Å². The number of hydrogen-bond acceptors (Lipinski definition) is 5. The standard InChI is InChI=1S/C27H26F3N5O4/c1-17-3-6-20(13-23(17)27(28,29)30)34-25(36)33-19-7-4-18(5-8-19)22-15-35(24-9-10-31-14-21(22)24)26(37)32-16-39-12-11-38-2/h3-10,13-15H,11-12,16H2,1-2H3,(H,32,37)(H2,33,34,36). The summed E-state index contributed by atoms with van der Waals surface area (Å²) < 4.78 is 51.2. The van der Waals surface area contributed by atoms with Crippen molar-refractivity contribution in [2.24, 2.45) is 0 Å². The van der Waals surface area contributed by atoms with Crippen molar-refractivity contribution in [3.05, 3.63) is 78.2 Å². The lowest BCUT2D eigenvalue weighted by Crippen LogP contribution is -2.30. The van der Waals surface area contributed by atoms with Crippen LogP contribution in [0.5, 0.6) is 0 Å². The number of aryl methyl sites for hydroxylation is 1. The second-order valence-corrected chi connectivity index (χ2v) is 8.52. The Labute approximate surface area is 221 Å². The van der Waals surface area contributed by atoms with Crippen molar-refractivity contribution in [2.45, 2.75) is 13.1 Å². The Morgan fingerprint density at radius 2 is 1.72 bits per heavy atom. The van der Waals surface area contributed by atoms with Crippen molar-refractivity contribution in [2.75, 3.05) is 37.7 Å². The Morgan fingerprint density at radius 1 is 1.00 bits per heavy atom. The number of hydrogen-bond donors (Lipinski definition) is 3. The maximum Gasteiger partial charge on any atom is 0.416 e. The fourth-order valence-corrected chi connectivity index (χ4v) is 3.92. The van der Waals surface area contributed by atoms with Gasteiger partial charge in [0.05, 0.1) is 24.3 Å². The van der Waals surface area contributed by atoms with Crippen molar-refractivity contribution in [3.63, 3.8) is 0 Å². The number of urea groups is 1. The lowest BCUT2D eigenvalue weighted by Gasteiger charge is -2.13. The van der Waals surface area contributed by atoms with Gasteiger partial charge in [-0.15, -0.1) is 0 Å². The van der Waals surface area contributed by atoms with E-state index in [0.717, 1.165) is 22.6 Å². The average Bonchev–Trinajstić information content (AvgIpc) is 3.29. The van der Waals surface area contributed by atoms with E-state index in [2.05, 4.69) is 20.9 Å². The summed E-state index contributed by atoms with van der Waals surface area (Å²) >= 11 is 0. The van der Waals surface area contributed by atoms with Crippen LogP contribution in [-0.4, -0.2) is 48.7 Å². The summed E-state index contributed by atoms with van der Waals surface area (Å²) in [4.78, 5) is 29.3. The fourth-order valence-electron chi connectivity index (χ4n) is 3.92. The number of anilines is 2. The molecular formula is C27H26F3N5O4. The third-order valence-electron chi connectivity index (χ3n) is 5.84. The van der Waals surface area contributed by atoms with E-state index in [0.29, 0.717) is 24.4 Å². The highest BCUT2D eigenvalue weighted by molar-refractivity contribution is 6.02. The number of nitrogens with one attached hydrogen (secondary N) is 3. The molecular weight excluding hydrogens is 515 g/mol. The maximum atomic E-state index is 13.2. The number of halogens is 3. The van der Waals surface area contributed by atoms with Gasteiger partial charge in [-0.2, -0.15) is 13.2 Å². The lowest BCUT2D eigenvalue weighted by molar-refractivity contribution is -0.138. The summed E-state index contributed by atoms with van der Waals surface area (Å²) in [6, 6.07) is 11.0. The van der Waals surface area contributed by atoms with Gasteiger partial charge in [-0.3, -0.25) is 9.55 Å². The van der Waals surface area contributed by atoms with Crippen molar-refractivity contribution in [1.29, 1.82) is 0 Å². The molecule has 39 heavy (non-hydrogen) atoms. The number of fused-ring (bicyclic) bond motifs is 1. The molecule has 0 saturated carbocycles. The lowest BCUT2D eigenvalue weighted by atomic mass is 10.1. The molecule has 4 rings (SSSR count). The van der Waals surface area contributed by atoms with E-state index < -0.39 is 17.8 Å². The first-order valence-electron chi connectivity index (χ1n) is 11.8. The molecule has 0 unspecified atom stereocenters. The van der Waals surface area contributed by atoms with Crippen LogP contribution in [0.1, 0.15) is 11.1 Å². The monoisotopic (exact) mass is 541 g/mol. The first-order chi connectivity index (χ1) is 18.7. The number of alkyl halides is 3. The molecule has 0 spiro atoms. The van der Waals surface area contributed by atoms with E-state index >= 15 is 0 Å². The van der Waals surface area contributed by atoms with Crippen LogP contribution < -0.4 is 16.0 Å². The first-order valence-corrected chi connectivity index (χ1v) is 11.8. The number of benzene rings is 2. The molecule has 204 valence electrons. The molecule has 0 saturated heterocycles. The number of carbonyl (C=O) groups excluding carboxylic acids is 2. The number of methoxy groups -OCH3 is 1. The third kappa shape index (κ3) is 6.72. The number of rotatable bonds is 8. The number of pyridine rings is 1. The summed E-state index contributed by atoms with van der Waals surface area (Å²) in [5.74, 6) is 0. The molecule has 0 bridgehead atoms. The molecule has 0 fully saturated rings. The first kappa shape index (κ1) is 27.6. The normalized spacial score (nSPS) is 11.4. The van der Waals surface area contributed by atoms with Gasteiger partial charge >= 0.3 is 18.2 Å². The van der Waals surface area contributed by atoms with Gasteiger partial charge < -0.3 is 25.4 Å². The predicted octanol–water partition coefficient (Wildman–Crippen LogP) is 5.85. The van der Waals surface area contributed by atoms with E-state index in [1.165, 1.54) is 23.6 Å². The van der Waals surface area contributed by atoms with Crippen LogP contribution in [0.25, 0.3) is 22.0 Å². The molecule has 2 heterocycles. The van der Waals surface area contributed by atoms with Crippen LogP contribution in [0.4, 0.5) is 34.1 Å². The second-order valence-electron chi connectivity index (χ2n) is 8.52. The minimum absolute atomic E-state index is 0.0183. The molecule has 0 radical (unpaired) electrons. The highest BCUT2D eigenvalue weighted by Crippen LogP contribution is 2.34. The van der Waals surface area contributed by atoms with Crippen molar-refractivity contribution in [3.8, 4) is 11.1 Å². The molecule has 0 atom stereocenters. The zero-order valence-corrected chi connectivity index (χ0v) is 21.1. The van der Waals surface area contributed by atoms with Crippen LogP contribution in [0, 0.1) is 6.92 Å². The van der Waals surface area contributed by atoms with Gasteiger partial charge in [0.2, 0.25) is 0 Å². The number of aromatic nitrogens is 2. The molecule has 0 aliphatic heterocycles. The molecule has 9 nitrogen and oxygen atoms in total. The minimum atomic E-state index is -4.52.